The molecular weight excluding hydrogens is 264 g/mol. The predicted octanol–water partition coefficient (Wildman–Crippen LogP) is 3.25. The standard InChI is InChI=1S/C17H18N2O2/c1-12-5-3-4-6-16(12)18-11-17(21)14-7-9-15(10-8-14)19-13(2)20/h3-10,18H,11H2,1-2H3,(H,19,20). The summed E-state index contributed by atoms with van der Waals surface area (Å²) in [5.74, 6) is -0.122. The molecule has 4 heteroatoms. The van der Waals surface area contributed by atoms with Crippen LogP contribution in [0, 0.1) is 6.92 Å². The Morgan fingerprint density at radius 3 is 2.29 bits per heavy atom. The monoisotopic (exact) mass is 282 g/mol. The first-order valence-corrected chi connectivity index (χ1v) is 6.76. The van der Waals surface area contributed by atoms with Crippen molar-refractivity contribution in [2.24, 2.45) is 0 Å². The van der Waals surface area contributed by atoms with E-state index in [0.29, 0.717) is 11.3 Å². The molecule has 0 heterocycles. The summed E-state index contributed by atoms with van der Waals surface area (Å²) in [7, 11) is 0. The molecule has 0 aliphatic carbocycles. The normalized spacial score (nSPS) is 10.0. The quantitative estimate of drug-likeness (QED) is 0.828. The first-order chi connectivity index (χ1) is 10.1. The number of hydrogen-bond acceptors (Lipinski definition) is 3. The number of nitrogens with one attached hydrogen (secondary N) is 2. The van der Waals surface area contributed by atoms with E-state index in [1.165, 1.54) is 6.92 Å². The zero-order valence-electron chi connectivity index (χ0n) is 12.1. The third kappa shape index (κ3) is 4.18. The fourth-order valence-electron chi connectivity index (χ4n) is 1.99. The van der Waals surface area contributed by atoms with Crippen LogP contribution < -0.4 is 10.6 Å². The molecule has 108 valence electrons. The van der Waals surface area contributed by atoms with Gasteiger partial charge in [-0.1, -0.05) is 18.2 Å². The van der Waals surface area contributed by atoms with Crippen molar-refractivity contribution in [2.45, 2.75) is 13.8 Å². The van der Waals surface area contributed by atoms with Gasteiger partial charge in [-0.2, -0.15) is 0 Å². The molecule has 0 saturated carbocycles. The SMILES string of the molecule is CC(=O)Nc1ccc(C(=O)CNc2ccccc2C)cc1. The highest BCUT2D eigenvalue weighted by Gasteiger charge is 2.06. The molecule has 0 saturated heterocycles. The van der Waals surface area contributed by atoms with Crippen LogP contribution in [0.4, 0.5) is 11.4 Å². The first-order valence-electron chi connectivity index (χ1n) is 6.76. The lowest BCUT2D eigenvalue weighted by Crippen LogP contribution is -2.14. The van der Waals surface area contributed by atoms with Gasteiger partial charge >= 0.3 is 0 Å². The van der Waals surface area contributed by atoms with Crippen LogP contribution in [0.5, 0.6) is 0 Å². The van der Waals surface area contributed by atoms with Crippen molar-refractivity contribution >= 4 is 23.1 Å². The maximum absolute atomic E-state index is 12.1. The molecule has 0 fully saturated rings. The van der Waals surface area contributed by atoms with Gasteiger partial charge in [-0.3, -0.25) is 9.59 Å². The molecule has 21 heavy (non-hydrogen) atoms. The van der Waals surface area contributed by atoms with E-state index in [0.717, 1.165) is 11.3 Å². The Hall–Kier alpha value is -2.62. The predicted molar refractivity (Wildman–Crippen MR) is 84.7 cm³/mol. The minimum absolute atomic E-state index is 0.00706. The van der Waals surface area contributed by atoms with Crippen LogP contribution in [0.1, 0.15) is 22.8 Å². The molecule has 4 nitrogen and oxygen atoms in total. The molecule has 2 aromatic rings. The average Bonchev–Trinajstić information content (AvgIpc) is 2.46. The van der Waals surface area contributed by atoms with Crippen molar-refractivity contribution in [3.05, 3.63) is 59.7 Å². The van der Waals surface area contributed by atoms with Crippen LogP contribution in [0.25, 0.3) is 0 Å². The van der Waals surface area contributed by atoms with Crippen molar-refractivity contribution < 1.29 is 9.59 Å². The Morgan fingerprint density at radius 1 is 1.00 bits per heavy atom. The van der Waals surface area contributed by atoms with E-state index in [2.05, 4.69) is 10.6 Å². The Labute approximate surface area is 124 Å². The van der Waals surface area contributed by atoms with E-state index in [4.69, 9.17) is 0 Å². The Balaban J connectivity index is 1.97. The smallest absolute Gasteiger partial charge is 0.221 e. The minimum Gasteiger partial charge on any atom is -0.377 e. The van der Waals surface area contributed by atoms with Crippen LogP contribution in [0.3, 0.4) is 0 Å². The molecule has 0 radical (unpaired) electrons. The van der Waals surface area contributed by atoms with Gasteiger partial charge < -0.3 is 10.6 Å². The largest absolute Gasteiger partial charge is 0.377 e. The van der Waals surface area contributed by atoms with E-state index in [-0.39, 0.29) is 18.2 Å². The van der Waals surface area contributed by atoms with Gasteiger partial charge in [0.05, 0.1) is 6.54 Å². The highest BCUT2D eigenvalue weighted by Crippen LogP contribution is 2.14. The third-order valence-corrected chi connectivity index (χ3v) is 3.11. The van der Waals surface area contributed by atoms with Gasteiger partial charge in [-0.25, -0.2) is 0 Å². The van der Waals surface area contributed by atoms with Crippen LogP contribution in [0.15, 0.2) is 48.5 Å². The second-order valence-corrected chi connectivity index (χ2v) is 4.85. The molecular formula is C17H18N2O2. The zero-order valence-corrected chi connectivity index (χ0v) is 12.1. The number of anilines is 2. The van der Waals surface area contributed by atoms with E-state index >= 15 is 0 Å². The molecule has 2 N–H and O–H groups in total. The number of ketones is 1. The summed E-state index contributed by atoms with van der Waals surface area (Å²) >= 11 is 0. The maximum Gasteiger partial charge on any atom is 0.221 e. The summed E-state index contributed by atoms with van der Waals surface area (Å²) in [6.07, 6.45) is 0. The first kappa shape index (κ1) is 14.8. The molecule has 0 atom stereocenters. The Morgan fingerprint density at radius 2 is 1.67 bits per heavy atom. The molecule has 2 aromatic carbocycles. The molecule has 0 aliphatic rings. The van der Waals surface area contributed by atoms with Gasteiger partial charge in [0.25, 0.3) is 0 Å². The summed E-state index contributed by atoms with van der Waals surface area (Å²) in [6, 6.07) is 14.7. The van der Waals surface area contributed by atoms with Gasteiger partial charge in [-0.05, 0) is 42.8 Å². The van der Waals surface area contributed by atoms with Crippen molar-refractivity contribution in [1.82, 2.24) is 0 Å². The lowest BCUT2D eigenvalue weighted by Gasteiger charge is -2.09. The number of rotatable bonds is 5. The summed E-state index contributed by atoms with van der Waals surface area (Å²) < 4.78 is 0. The molecule has 0 spiro atoms. The van der Waals surface area contributed by atoms with Crippen molar-refractivity contribution in [2.75, 3.05) is 17.2 Å². The minimum atomic E-state index is -0.129. The second-order valence-electron chi connectivity index (χ2n) is 4.85. The van der Waals surface area contributed by atoms with Gasteiger partial charge in [-0.15, -0.1) is 0 Å². The second kappa shape index (κ2) is 6.70. The lowest BCUT2D eigenvalue weighted by molar-refractivity contribution is -0.114. The number of benzene rings is 2. The summed E-state index contributed by atoms with van der Waals surface area (Å²) in [5.41, 5.74) is 3.36. The Kier molecular flexibility index (Phi) is 4.72. The fraction of sp³-hybridized carbons (Fsp3) is 0.176. The summed E-state index contributed by atoms with van der Waals surface area (Å²) in [4.78, 5) is 23.0. The molecule has 0 unspecified atom stereocenters. The average molecular weight is 282 g/mol. The molecule has 2 rings (SSSR count). The van der Waals surface area contributed by atoms with Gasteiger partial charge in [0.1, 0.15) is 0 Å². The topological polar surface area (TPSA) is 58.2 Å². The van der Waals surface area contributed by atoms with Crippen molar-refractivity contribution in [3.8, 4) is 0 Å². The number of hydrogen-bond donors (Lipinski definition) is 2. The number of Topliss-reactive ketones (excluding diaryl/α,β-unsaturated/α-hetero) is 1. The van der Waals surface area contributed by atoms with Gasteiger partial charge in [0.15, 0.2) is 5.78 Å². The Bertz CT molecular complexity index is 648. The van der Waals surface area contributed by atoms with Crippen LogP contribution >= 0.6 is 0 Å². The highest BCUT2D eigenvalue weighted by atomic mass is 16.1. The van der Waals surface area contributed by atoms with Crippen LogP contribution in [0.2, 0.25) is 0 Å². The van der Waals surface area contributed by atoms with E-state index in [1.807, 2.05) is 31.2 Å². The van der Waals surface area contributed by atoms with Crippen molar-refractivity contribution in [1.29, 1.82) is 0 Å². The number of aryl methyl sites for hydroxylation is 1. The van der Waals surface area contributed by atoms with E-state index in [9.17, 15) is 9.59 Å². The summed E-state index contributed by atoms with van der Waals surface area (Å²) in [5, 5.41) is 5.81. The fourth-order valence-corrected chi connectivity index (χ4v) is 1.99. The zero-order chi connectivity index (χ0) is 15.2. The number of para-hydroxylation sites is 1. The van der Waals surface area contributed by atoms with Gasteiger partial charge in [0, 0.05) is 23.9 Å². The molecule has 0 aromatic heterocycles. The summed E-state index contributed by atoms with van der Waals surface area (Å²) in [6.45, 7) is 3.69. The highest BCUT2D eigenvalue weighted by molar-refractivity contribution is 5.99. The number of amides is 1. The van der Waals surface area contributed by atoms with Crippen LogP contribution in [-0.2, 0) is 4.79 Å². The number of carbonyl (C=O) groups excluding carboxylic acids is 2. The van der Waals surface area contributed by atoms with Crippen LogP contribution in [-0.4, -0.2) is 18.2 Å². The van der Waals surface area contributed by atoms with Gasteiger partial charge in [0.2, 0.25) is 5.91 Å². The third-order valence-electron chi connectivity index (χ3n) is 3.11. The number of carbonyl (C=O) groups is 2. The lowest BCUT2D eigenvalue weighted by atomic mass is 10.1. The molecule has 0 bridgehead atoms. The molecule has 1 amide bonds. The van der Waals surface area contributed by atoms with E-state index < -0.39 is 0 Å². The molecule has 0 aliphatic heterocycles. The maximum atomic E-state index is 12.1. The van der Waals surface area contributed by atoms with E-state index in [1.54, 1.807) is 24.3 Å². The van der Waals surface area contributed by atoms with Crippen molar-refractivity contribution in [3.63, 3.8) is 0 Å².